The fourth-order valence-electron chi connectivity index (χ4n) is 6.05. The molecule has 1 N–H and O–H groups in total. The summed E-state index contributed by atoms with van der Waals surface area (Å²) in [5.74, 6) is -1.03. The van der Waals surface area contributed by atoms with Crippen molar-refractivity contribution in [1.29, 1.82) is 0 Å². The molecule has 2 nitrogen and oxygen atoms in total. The van der Waals surface area contributed by atoms with Crippen LogP contribution in [0.15, 0.2) is 60.2 Å². The molecular formula is C36H38F4O2. The van der Waals surface area contributed by atoms with Gasteiger partial charge in [-0.1, -0.05) is 67.0 Å². The number of hydrogen-bond donors (Lipinski definition) is 1. The minimum Gasteiger partial charge on any atom is -0.478 e. The van der Waals surface area contributed by atoms with E-state index in [0.717, 1.165) is 47.9 Å². The molecule has 0 aliphatic heterocycles. The molecule has 0 unspecified atom stereocenters. The van der Waals surface area contributed by atoms with E-state index in [0.29, 0.717) is 48.0 Å². The predicted octanol–water partition coefficient (Wildman–Crippen LogP) is 10.6. The van der Waals surface area contributed by atoms with Crippen LogP contribution in [-0.4, -0.2) is 17.8 Å². The summed E-state index contributed by atoms with van der Waals surface area (Å²) in [6.45, 7) is 5.21. The number of halogens is 4. The van der Waals surface area contributed by atoms with Gasteiger partial charge in [0, 0.05) is 0 Å². The number of unbranched alkanes of at least 4 members (excludes halogenated alkanes) is 2. The molecule has 1 aliphatic carbocycles. The van der Waals surface area contributed by atoms with Crippen molar-refractivity contribution >= 4 is 23.2 Å². The number of alkyl halides is 4. The highest BCUT2D eigenvalue weighted by Crippen LogP contribution is 2.45. The third kappa shape index (κ3) is 7.21. The molecule has 0 saturated carbocycles. The van der Waals surface area contributed by atoms with Crippen molar-refractivity contribution in [3.8, 4) is 0 Å². The lowest BCUT2D eigenvalue weighted by molar-refractivity contribution is -0.137. The van der Waals surface area contributed by atoms with Crippen molar-refractivity contribution in [2.45, 2.75) is 78.3 Å². The molecule has 0 saturated heterocycles. The minimum atomic E-state index is -4.53. The lowest BCUT2D eigenvalue weighted by Crippen LogP contribution is -2.12. The molecule has 3 aromatic carbocycles. The Kier molecular flexibility index (Phi) is 10.1. The zero-order valence-electron chi connectivity index (χ0n) is 24.5. The molecule has 0 fully saturated rings. The van der Waals surface area contributed by atoms with Gasteiger partial charge in [-0.05, 0) is 122 Å². The Balaban J connectivity index is 1.90. The molecule has 42 heavy (non-hydrogen) atoms. The maximum Gasteiger partial charge on any atom is 0.417 e. The average Bonchev–Trinajstić information content (AvgIpc) is 3.13. The molecule has 0 aromatic heterocycles. The summed E-state index contributed by atoms with van der Waals surface area (Å²) < 4.78 is 55.8. The average molecular weight is 579 g/mol. The van der Waals surface area contributed by atoms with Crippen LogP contribution in [0.5, 0.6) is 0 Å². The molecule has 0 amide bonds. The molecule has 0 heterocycles. The van der Waals surface area contributed by atoms with Gasteiger partial charge in [0.05, 0.1) is 17.8 Å². The normalized spacial score (nSPS) is 14.1. The van der Waals surface area contributed by atoms with Crippen molar-refractivity contribution in [3.05, 3.63) is 110 Å². The summed E-state index contributed by atoms with van der Waals surface area (Å²) in [6, 6.07) is 15.8. The number of carboxylic acid groups (broad SMARTS) is 1. The third-order valence-electron chi connectivity index (χ3n) is 8.04. The highest BCUT2D eigenvalue weighted by Gasteiger charge is 2.36. The van der Waals surface area contributed by atoms with Gasteiger partial charge in [0.15, 0.2) is 0 Å². The van der Waals surface area contributed by atoms with Crippen LogP contribution in [-0.2, 0) is 12.6 Å². The lowest BCUT2D eigenvalue weighted by atomic mass is 9.83. The quantitative estimate of drug-likeness (QED) is 0.192. The first-order chi connectivity index (χ1) is 20.0. The van der Waals surface area contributed by atoms with Crippen LogP contribution in [0.4, 0.5) is 17.6 Å². The Bertz CT molecular complexity index is 1490. The smallest absolute Gasteiger partial charge is 0.417 e. The van der Waals surface area contributed by atoms with E-state index < -0.39 is 17.7 Å². The second kappa shape index (κ2) is 13.5. The van der Waals surface area contributed by atoms with Crippen LogP contribution >= 0.6 is 0 Å². The van der Waals surface area contributed by atoms with Gasteiger partial charge in [0.25, 0.3) is 0 Å². The molecule has 222 valence electrons. The van der Waals surface area contributed by atoms with Crippen molar-refractivity contribution < 1.29 is 27.5 Å². The highest BCUT2D eigenvalue weighted by atomic mass is 19.4. The number of aryl methyl sites for hydroxylation is 3. The van der Waals surface area contributed by atoms with Crippen molar-refractivity contribution in [2.24, 2.45) is 0 Å². The van der Waals surface area contributed by atoms with E-state index in [4.69, 9.17) is 0 Å². The molecule has 0 spiro atoms. The van der Waals surface area contributed by atoms with Gasteiger partial charge in [-0.15, -0.1) is 0 Å². The van der Waals surface area contributed by atoms with Crippen LogP contribution in [0, 0.1) is 13.8 Å². The van der Waals surface area contributed by atoms with Crippen LogP contribution < -0.4 is 0 Å². The van der Waals surface area contributed by atoms with Gasteiger partial charge in [0.1, 0.15) is 0 Å². The van der Waals surface area contributed by atoms with Crippen molar-refractivity contribution in [3.63, 3.8) is 0 Å². The Morgan fingerprint density at radius 3 is 2.33 bits per heavy atom. The number of rotatable bonds is 10. The number of benzene rings is 3. The fraction of sp³-hybridized carbons (Fsp3) is 0.361. The summed E-state index contributed by atoms with van der Waals surface area (Å²) in [6.07, 6.45) is 3.37. The van der Waals surface area contributed by atoms with E-state index in [1.807, 2.05) is 24.3 Å². The summed E-state index contributed by atoms with van der Waals surface area (Å²) >= 11 is 0. The molecular weight excluding hydrogens is 540 g/mol. The van der Waals surface area contributed by atoms with E-state index in [-0.39, 0.29) is 17.8 Å². The Hall–Kier alpha value is -3.67. The predicted molar refractivity (Wildman–Crippen MR) is 162 cm³/mol. The zero-order valence-corrected chi connectivity index (χ0v) is 24.5. The number of allylic oxidation sites excluding steroid dienone is 2. The van der Waals surface area contributed by atoms with Crippen molar-refractivity contribution in [1.82, 2.24) is 0 Å². The maximum absolute atomic E-state index is 14.5. The first kappa shape index (κ1) is 31.3. The zero-order chi connectivity index (χ0) is 30.4. The standard InChI is InChI=1S/C36H38F4O2/c1-4-25(9-6-5-7-18-37)21-26-12-14-27(15-13-26)34-30-17-16-29(35(41)42)22-28(30)10-8-11-31(34)33-24(3)19-23(2)20-32(33)36(38,39)40/h12-17,19-22H,4-11,18H2,1-3H3,(H,41,42)/b25-21-. The van der Waals surface area contributed by atoms with Crippen LogP contribution in [0.3, 0.4) is 0 Å². The maximum atomic E-state index is 14.5. The lowest BCUT2D eigenvalue weighted by Gasteiger charge is -2.22. The number of fused-ring (bicyclic) bond motifs is 1. The Labute approximate surface area is 245 Å². The van der Waals surface area contributed by atoms with E-state index in [1.165, 1.54) is 17.7 Å². The fourth-order valence-corrected chi connectivity index (χ4v) is 6.05. The summed E-state index contributed by atoms with van der Waals surface area (Å²) in [5.41, 5.74) is 6.87. The van der Waals surface area contributed by atoms with Gasteiger partial charge in [-0.2, -0.15) is 13.2 Å². The first-order valence-electron chi connectivity index (χ1n) is 14.7. The van der Waals surface area contributed by atoms with E-state index >= 15 is 0 Å². The van der Waals surface area contributed by atoms with Gasteiger partial charge in [0.2, 0.25) is 0 Å². The van der Waals surface area contributed by atoms with Gasteiger partial charge in [-0.3, -0.25) is 4.39 Å². The SMILES string of the molecule is CC/C(=C/c1ccc(C2=C(c3c(C)cc(C)cc3C(F)(F)F)CCCc3cc(C(=O)O)ccc32)cc1)CCCCCF. The molecule has 1 aliphatic rings. The number of hydrogen-bond acceptors (Lipinski definition) is 1. The van der Waals surface area contributed by atoms with Crippen LogP contribution in [0.2, 0.25) is 0 Å². The Morgan fingerprint density at radius 1 is 0.952 bits per heavy atom. The Morgan fingerprint density at radius 2 is 1.69 bits per heavy atom. The van der Waals surface area contributed by atoms with E-state index in [2.05, 4.69) is 13.0 Å². The molecule has 6 heteroatoms. The van der Waals surface area contributed by atoms with Gasteiger partial charge in [-0.25, -0.2) is 4.79 Å². The van der Waals surface area contributed by atoms with Crippen LogP contribution in [0.1, 0.15) is 107 Å². The first-order valence-corrected chi connectivity index (χ1v) is 14.7. The van der Waals surface area contributed by atoms with Gasteiger partial charge < -0.3 is 5.11 Å². The monoisotopic (exact) mass is 578 g/mol. The second-order valence-electron chi connectivity index (χ2n) is 11.2. The van der Waals surface area contributed by atoms with Gasteiger partial charge >= 0.3 is 12.1 Å². The van der Waals surface area contributed by atoms with E-state index in [9.17, 15) is 27.5 Å². The molecule has 0 bridgehead atoms. The van der Waals surface area contributed by atoms with Crippen molar-refractivity contribution in [2.75, 3.05) is 6.67 Å². The molecule has 0 atom stereocenters. The van der Waals surface area contributed by atoms with E-state index in [1.54, 1.807) is 32.0 Å². The topological polar surface area (TPSA) is 37.3 Å². The third-order valence-corrected chi connectivity index (χ3v) is 8.04. The highest BCUT2D eigenvalue weighted by molar-refractivity contribution is 6.02. The second-order valence-corrected chi connectivity index (χ2v) is 11.2. The minimum absolute atomic E-state index is 0.165. The summed E-state index contributed by atoms with van der Waals surface area (Å²) in [5, 5.41) is 9.60. The van der Waals surface area contributed by atoms with Crippen LogP contribution in [0.25, 0.3) is 17.2 Å². The summed E-state index contributed by atoms with van der Waals surface area (Å²) in [4.78, 5) is 11.7. The molecule has 3 aromatic rings. The largest absolute Gasteiger partial charge is 0.478 e. The number of aromatic carboxylic acids is 1. The number of carboxylic acids is 1. The number of carbonyl (C=O) groups is 1. The molecule has 4 rings (SSSR count). The molecule has 0 radical (unpaired) electrons. The summed E-state index contributed by atoms with van der Waals surface area (Å²) in [7, 11) is 0.